The lowest BCUT2D eigenvalue weighted by atomic mass is 10.1. The van der Waals surface area contributed by atoms with Crippen LogP contribution in [0.15, 0.2) is 24.4 Å². The zero-order valence-electron chi connectivity index (χ0n) is 9.12. The number of carboxylic acid groups (broad SMARTS) is 1. The molecule has 1 aromatic heterocycles. The van der Waals surface area contributed by atoms with E-state index in [1.807, 2.05) is 0 Å². The van der Waals surface area contributed by atoms with Crippen molar-refractivity contribution in [2.24, 2.45) is 0 Å². The van der Waals surface area contributed by atoms with Crippen molar-refractivity contribution >= 4 is 52.4 Å². The summed E-state index contributed by atoms with van der Waals surface area (Å²) in [7, 11) is 0. The Kier molecular flexibility index (Phi) is 4.21. The molecule has 2 aromatic rings. The van der Waals surface area contributed by atoms with Gasteiger partial charge in [0.2, 0.25) is 0 Å². The molecule has 7 heteroatoms. The number of nitrogens with zero attached hydrogens (tertiary/aromatic N) is 1. The van der Waals surface area contributed by atoms with Crippen LogP contribution in [0.1, 0.15) is 10.4 Å². The van der Waals surface area contributed by atoms with Crippen molar-refractivity contribution in [2.75, 3.05) is 0 Å². The van der Waals surface area contributed by atoms with Gasteiger partial charge in [0.25, 0.3) is 0 Å². The maximum absolute atomic E-state index is 11.1. The lowest BCUT2D eigenvalue weighted by Crippen LogP contribution is -2.01. The molecule has 0 bridgehead atoms. The van der Waals surface area contributed by atoms with Gasteiger partial charge in [-0.25, -0.2) is 4.79 Å². The molecule has 3 nitrogen and oxygen atoms in total. The van der Waals surface area contributed by atoms with Crippen LogP contribution in [0.5, 0.6) is 0 Å². The Morgan fingerprint density at radius 2 is 1.74 bits per heavy atom. The standard InChI is InChI=1S/C12H5Cl4NO2/c13-6-2-1-5(3-7(6)14)11-10(16)9(12(18)19)8(15)4-17-11/h1-4H,(H,18,19). The lowest BCUT2D eigenvalue weighted by molar-refractivity contribution is 0.0697. The topological polar surface area (TPSA) is 50.2 Å². The minimum absolute atomic E-state index is 0.0266. The largest absolute Gasteiger partial charge is 0.478 e. The van der Waals surface area contributed by atoms with Gasteiger partial charge in [-0.15, -0.1) is 0 Å². The number of rotatable bonds is 2. The van der Waals surface area contributed by atoms with Gasteiger partial charge in [-0.05, 0) is 12.1 Å². The molecule has 1 N–H and O–H groups in total. The van der Waals surface area contributed by atoms with E-state index in [2.05, 4.69) is 4.98 Å². The molecule has 0 unspecified atom stereocenters. The minimum atomic E-state index is -1.22. The van der Waals surface area contributed by atoms with Gasteiger partial charge >= 0.3 is 5.97 Å². The highest BCUT2D eigenvalue weighted by Crippen LogP contribution is 2.35. The molecular weight excluding hydrogens is 332 g/mol. The van der Waals surface area contributed by atoms with Gasteiger partial charge in [-0.2, -0.15) is 0 Å². The van der Waals surface area contributed by atoms with Crippen LogP contribution in [0.3, 0.4) is 0 Å². The number of hydrogen-bond acceptors (Lipinski definition) is 2. The predicted molar refractivity (Wildman–Crippen MR) is 76.7 cm³/mol. The van der Waals surface area contributed by atoms with Gasteiger partial charge in [0.1, 0.15) is 5.56 Å². The molecule has 1 heterocycles. The molecule has 0 radical (unpaired) electrons. The lowest BCUT2D eigenvalue weighted by Gasteiger charge is -2.08. The zero-order chi connectivity index (χ0) is 14.2. The Bertz CT molecular complexity index is 673. The third-order valence-electron chi connectivity index (χ3n) is 2.38. The van der Waals surface area contributed by atoms with Crippen molar-refractivity contribution < 1.29 is 9.90 Å². The molecule has 0 atom stereocenters. The number of benzene rings is 1. The molecule has 1 aromatic carbocycles. The van der Waals surface area contributed by atoms with Gasteiger partial charge in [0.05, 0.1) is 25.8 Å². The molecule has 0 aliphatic carbocycles. The molecule has 2 rings (SSSR count). The molecule has 0 aliphatic rings. The van der Waals surface area contributed by atoms with Crippen LogP contribution in [-0.4, -0.2) is 16.1 Å². The van der Waals surface area contributed by atoms with Crippen molar-refractivity contribution in [1.29, 1.82) is 0 Å². The molecule has 98 valence electrons. The van der Waals surface area contributed by atoms with Gasteiger partial charge in [0, 0.05) is 11.8 Å². The van der Waals surface area contributed by atoms with Crippen LogP contribution in [0, 0.1) is 0 Å². The maximum Gasteiger partial charge on any atom is 0.338 e. The van der Waals surface area contributed by atoms with Crippen LogP contribution >= 0.6 is 46.4 Å². The Morgan fingerprint density at radius 3 is 2.32 bits per heavy atom. The SMILES string of the molecule is O=C(O)c1c(Cl)cnc(-c2ccc(Cl)c(Cl)c2)c1Cl. The molecule has 0 spiro atoms. The average molecular weight is 337 g/mol. The molecular formula is C12H5Cl4NO2. The van der Waals surface area contributed by atoms with E-state index in [4.69, 9.17) is 51.5 Å². The molecule has 0 fully saturated rings. The van der Waals surface area contributed by atoms with Gasteiger partial charge in [-0.1, -0.05) is 52.5 Å². The number of pyridine rings is 1. The number of aromatic carboxylic acids is 1. The summed E-state index contributed by atoms with van der Waals surface area (Å²) in [6.45, 7) is 0. The van der Waals surface area contributed by atoms with Gasteiger partial charge in [0.15, 0.2) is 0 Å². The summed E-state index contributed by atoms with van der Waals surface area (Å²) >= 11 is 23.5. The number of carboxylic acids is 1. The quantitative estimate of drug-likeness (QED) is 0.833. The van der Waals surface area contributed by atoms with E-state index in [0.29, 0.717) is 15.6 Å². The van der Waals surface area contributed by atoms with E-state index in [9.17, 15) is 4.79 Å². The predicted octanol–water partition coefficient (Wildman–Crippen LogP) is 5.06. The molecule has 19 heavy (non-hydrogen) atoms. The second-order valence-electron chi connectivity index (χ2n) is 3.58. The first-order valence-electron chi connectivity index (χ1n) is 4.94. The number of aromatic nitrogens is 1. The highest BCUT2D eigenvalue weighted by atomic mass is 35.5. The van der Waals surface area contributed by atoms with Crippen molar-refractivity contribution in [3.05, 3.63) is 50.0 Å². The van der Waals surface area contributed by atoms with Crippen molar-refractivity contribution in [1.82, 2.24) is 4.98 Å². The first-order chi connectivity index (χ1) is 8.91. The molecule has 0 amide bonds. The van der Waals surface area contributed by atoms with E-state index in [0.717, 1.165) is 0 Å². The summed E-state index contributed by atoms with van der Waals surface area (Å²) in [6, 6.07) is 4.77. The van der Waals surface area contributed by atoms with Gasteiger partial charge < -0.3 is 5.11 Å². The Morgan fingerprint density at radius 1 is 1.05 bits per heavy atom. The van der Waals surface area contributed by atoms with Crippen molar-refractivity contribution in [2.45, 2.75) is 0 Å². The average Bonchev–Trinajstić information content (AvgIpc) is 2.33. The zero-order valence-corrected chi connectivity index (χ0v) is 12.1. The first-order valence-corrected chi connectivity index (χ1v) is 6.45. The minimum Gasteiger partial charge on any atom is -0.478 e. The van der Waals surface area contributed by atoms with Crippen molar-refractivity contribution in [3.63, 3.8) is 0 Å². The van der Waals surface area contributed by atoms with E-state index >= 15 is 0 Å². The fraction of sp³-hybridized carbons (Fsp3) is 0. The third-order valence-corrected chi connectivity index (χ3v) is 3.77. The monoisotopic (exact) mass is 335 g/mol. The molecule has 0 saturated heterocycles. The number of halogens is 4. The van der Waals surface area contributed by atoms with Gasteiger partial charge in [-0.3, -0.25) is 4.98 Å². The highest BCUT2D eigenvalue weighted by Gasteiger charge is 2.19. The van der Waals surface area contributed by atoms with Crippen LogP contribution < -0.4 is 0 Å². The normalized spacial score (nSPS) is 10.5. The number of carbonyl (C=O) groups is 1. The van der Waals surface area contributed by atoms with E-state index in [-0.39, 0.29) is 21.3 Å². The van der Waals surface area contributed by atoms with Crippen LogP contribution in [0.2, 0.25) is 20.1 Å². The van der Waals surface area contributed by atoms with E-state index < -0.39 is 5.97 Å². The Balaban J connectivity index is 2.66. The second kappa shape index (κ2) is 5.55. The summed E-state index contributed by atoms with van der Waals surface area (Å²) in [5.41, 5.74) is 0.639. The third kappa shape index (κ3) is 2.79. The fourth-order valence-electron chi connectivity index (χ4n) is 1.51. The highest BCUT2D eigenvalue weighted by molar-refractivity contribution is 6.42. The van der Waals surface area contributed by atoms with Crippen LogP contribution in [0.25, 0.3) is 11.3 Å². The smallest absolute Gasteiger partial charge is 0.338 e. The first kappa shape index (κ1) is 14.4. The van der Waals surface area contributed by atoms with Crippen LogP contribution in [0.4, 0.5) is 0 Å². The molecule has 0 saturated carbocycles. The summed E-state index contributed by atoms with van der Waals surface area (Å²) in [6.07, 6.45) is 1.23. The second-order valence-corrected chi connectivity index (χ2v) is 5.18. The maximum atomic E-state index is 11.1. The summed E-state index contributed by atoms with van der Waals surface area (Å²) < 4.78 is 0. The van der Waals surface area contributed by atoms with E-state index in [1.165, 1.54) is 6.20 Å². The fourth-order valence-corrected chi connectivity index (χ4v) is 2.42. The van der Waals surface area contributed by atoms with Crippen LogP contribution in [-0.2, 0) is 0 Å². The Hall–Kier alpha value is -1.000. The van der Waals surface area contributed by atoms with Crippen molar-refractivity contribution in [3.8, 4) is 11.3 Å². The summed E-state index contributed by atoms with van der Waals surface area (Å²) in [4.78, 5) is 15.1. The summed E-state index contributed by atoms with van der Waals surface area (Å²) in [5.74, 6) is -1.22. The summed E-state index contributed by atoms with van der Waals surface area (Å²) in [5, 5.41) is 9.71. The van der Waals surface area contributed by atoms with E-state index in [1.54, 1.807) is 18.2 Å². The number of hydrogen-bond donors (Lipinski definition) is 1. The Labute approximate surface area is 128 Å². The molecule has 0 aliphatic heterocycles.